The number of hydrogen-bond donors (Lipinski definition) is 0. The van der Waals surface area contributed by atoms with Gasteiger partial charge >= 0.3 is 0 Å². The first kappa shape index (κ1) is 11.9. The zero-order valence-electron chi connectivity index (χ0n) is 9.06. The van der Waals surface area contributed by atoms with Crippen molar-refractivity contribution in [2.45, 2.75) is 12.8 Å². The zero-order valence-corrected chi connectivity index (χ0v) is 9.81. The van der Waals surface area contributed by atoms with Crippen molar-refractivity contribution in [3.8, 4) is 0 Å². The van der Waals surface area contributed by atoms with Gasteiger partial charge in [0.1, 0.15) is 0 Å². The number of carbonyl (C=O) groups is 1. The summed E-state index contributed by atoms with van der Waals surface area (Å²) in [5, 5.41) is 10.7. The second-order valence-electron chi connectivity index (χ2n) is 3.80. The zero-order chi connectivity index (χ0) is 12.4. The molecule has 6 heteroatoms. The summed E-state index contributed by atoms with van der Waals surface area (Å²) in [6.07, 6.45) is 0.930. The molecular formula is C11H11ClN2O3. The average molecular weight is 255 g/mol. The van der Waals surface area contributed by atoms with Crippen molar-refractivity contribution in [2.24, 2.45) is 0 Å². The van der Waals surface area contributed by atoms with Crippen LogP contribution >= 0.6 is 11.6 Å². The van der Waals surface area contributed by atoms with E-state index in [4.69, 9.17) is 11.6 Å². The van der Waals surface area contributed by atoms with E-state index in [1.807, 2.05) is 0 Å². The van der Waals surface area contributed by atoms with Crippen LogP contribution in [0.5, 0.6) is 0 Å². The third-order valence-electron chi connectivity index (χ3n) is 2.78. The quantitative estimate of drug-likeness (QED) is 0.471. The monoisotopic (exact) mass is 254 g/mol. The molecule has 0 fully saturated rings. The Morgan fingerprint density at radius 1 is 1.41 bits per heavy atom. The first-order valence-corrected chi connectivity index (χ1v) is 5.80. The van der Waals surface area contributed by atoms with Crippen LogP contribution < -0.4 is 4.90 Å². The Kier molecular flexibility index (Phi) is 3.28. The van der Waals surface area contributed by atoms with Gasteiger partial charge in [-0.3, -0.25) is 14.9 Å². The van der Waals surface area contributed by atoms with Crippen molar-refractivity contribution in [3.05, 3.63) is 33.9 Å². The molecule has 17 heavy (non-hydrogen) atoms. The number of alkyl halides is 1. The summed E-state index contributed by atoms with van der Waals surface area (Å²) in [5.74, 6) is 0.370. The topological polar surface area (TPSA) is 63.4 Å². The lowest BCUT2D eigenvalue weighted by Gasteiger charge is -2.28. The molecule has 0 N–H and O–H groups in total. The molecule has 1 aromatic carbocycles. The number of fused-ring (bicyclic) bond motifs is 1. The molecule has 1 aliphatic heterocycles. The Morgan fingerprint density at radius 2 is 2.18 bits per heavy atom. The fraction of sp³-hybridized carbons (Fsp3) is 0.364. The smallest absolute Gasteiger partial charge is 0.269 e. The van der Waals surface area contributed by atoms with Gasteiger partial charge in [-0.2, -0.15) is 0 Å². The molecule has 0 spiro atoms. The van der Waals surface area contributed by atoms with Crippen LogP contribution in [-0.4, -0.2) is 23.3 Å². The molecule has 5 nitrogen and oxygen atoms in total. The second-order valence-corrected chi connectivity index (χ2v) is 4.18. The molecule has 0 unspecified atom stereocenters. The predicted octanol–water partition coefficient (Wildman–Crippen LogP) is 2.11. The molecular weight excluding hydrogens is 244 g/mol. The van der Waals surface area contributed by atoms with Crippen molar-refractivity contribution in [1.82, 2.24) is 0 Å². The SMILES string of the molecule is O=C1CCc2cc([N+](=O)[O-])ccc2N1CCCl. The lowest BCUT2D eigenvalue weighted by molar-refractivity contribution is -0.384. The van der Waals surface area contributed by atoms with Gasteiger partial charge in [-0.25, -0.2) is 0 Å². The van der Waals surface area contributed by atoms with Crippen LogP contribution in [-0.2, 0) is 11.2 Å². The normalized spacial score (nSPS) is 14.6. The number of carbonyl (C=O) groups excluding carboxylic acids is 1. The fourth-order valence-corrected chi connectivity index (χ4v) is 2.16. The molecule has 0 atom stereocenters. The summed E-state index contributed by atoms with van der Waals surface area (Å²) in [7, 11) is 0. The molecule has 1 aromatic rings. The van der Waals surface area contributed by atoms with Gasteiger partial charge in [0, 0.05) is 36.7 Å². The summed E-state index contributed by atoms with van der Waals surface area (Å²) in [6.45, 7) is 0.436. The van der Waals surface area contributed by atoms with Crippen molar-refractivity contribution in [3.63, 3.8) is 0 Å². The molecule has 0 saturated carbocycles. The Hall–Kier alpha value is -1.62. The molecule has 1 amide bonds. The van der Waals surface area contributed by atoms with Crippen LogP contribution in [0.3, 0.4) is 0 Å². The van der Waals surface area contributed by atoms with Crippen LogP contribution in [0.2, 0.25) is 0 Å². The minimum atomic E-state index is -0.428. The Bertz CT molecular complexity index is 476. The summed E-state index contributed by atoms with van der Waals surface area (Å²) in [4.78, 5) is 23.5. The van der Waals surface area contributed by atoms with Crippen LogP contribution in [0.15, 0.2) is 18.2 Å². The van der Waals surface area contributed by atoms with Gasteiger partial charge in [0.2, 0.25) is 5.91 Å². The van der Waals surface area contributed by atoms with E-state index in [0.29, 0.717) is 25.3 Å². The third-order valence-corrected chi connectivity index (χ3v) is 2.95. The van der Waals surface area contributed by atoms with Gasteiger partial charge in [-0.05, 0) is 18.1 Å². The standard InChI is InChI=1S/C11H11ClN2O3/c12-5-6-13-10-3-2-9(14(16)17)7-8(10)1-4-11(13)15/h2-3,7H,1,4-6H2. The number of nitro groups is 1. The predicted molar refractivity (Wildman–Crippen MR) is 64.5 cm³/mol. The van der Waals surface area contributed by atoms with Crippen molar-refractivity contribution in [2.75, 3.05) is 17.3 Å². The number of amides is 1. The van der Waals surface area contributed by atoms with Crippen LogP contribution in [0.1, 0.15) is 12.0 Å². The highest BCUT2D eigenvalue weighted by atomic mass is 35.5. The first-order chi connectivity index (χ1) is 8.13. The number of nitrogens with zero attached hydrogens (tertiary/aromatic N) is 2. The minimum Gasteiger partial charge on any atom is -0.311 e. The lowest BCUT2D eigenvalue weighted by Crippen LogP contribution is -2.36. The van der Waals surface area contributed by atoms with Gasteiger partial charge in [-0.15, -0.1) is 11.6 Å². The van der Waals surface area contributed by atoms with E-state index >= 15 is 0 Å². The van der Waals surface area contributed by atoms with Crippen molar-refractivity contribution in [1.29, 1.82) is 0 Å². The maximum atomic E-state index is 11.7. The van der Waals surface area contributed by atoms with E-state index in [1.54, 1.807) is 11.0 Å². The number of nitro benzene ring substituents is 1. The molecule has 0 saturated heterocycles. The number of non-ortho nitro benzene ring substituents is 1. The Labute approximate surface area is 103 Å². The molecule has 0 radical (unpaired) electrons. The van der Waals surface area contributed by atoms with Gasteiger partial charge in [0.25, 0.3) is 5.69 Å². The first-order valence-electron chi connectivity index (χ1n) is 5.27. The van der Waals surface area contributed by atoms with Crippen molar-refractivity contribution < 1.29 is 9.72 Å². The van der Waals surface area contributed by atoms with Crippen LogP contribution in [0, 0.1) is 10.1 Å². The van der Waals surface area contributed by atoms with Gasteiger partial charge < -0.3 is 4.90 Å². The van der Waals surface area contributed by atoms with E-state index in [9.17, 15) is 14.9 Å². The van der Waals surface area contributed by atoms with E-state index in [-0.39, 0.29) is 11.6 Å². The van der Waals surface area contributed by atoms with Gasteiger partial charge in [-0.1, -0.05) is 0 Å². The van der Waals surface area contributed by atoms with Crippen molar-refractivity contribution >= 4 is 28.9 Å². The number of halogens is 1. The summed E-state index contributed by atoms with van der Waals surface area (Å²) < 4.78 is 0. The molecule has 1 heterocycles. The molecule has 0 bridgehead atoms. The fourth-order valence-electron chi connectivity index (χ4n) is 1.99. The lowest BCUT2D eigenvalue weighted by atomic mass is 10.0. The number of aryl methyl sites for hydroxylation is 1. The van der Waals surface area contributed by atoms with E-state index in [2.05, 4.69) is 0 Å². The maximum Gasteiger partial charge on any atom is 0.269 e. The van der Waals surface area contributed by atoms with E-state index < -0.39 is 4.92 Å². The van der Waals surface area contributed by atoms with Gasteiger partial charge in [0.15, 0.2) is 0 Å². The van der Waals surface area contributed by atoms with Crippen LogP contribution in [0.25, 0.3) is 0 Å². The molecule has 0 aliphatic carbocycles. The molecule has 90 valence electrons. The van der Waals surface area contributed by atoms with Crippen LogP contribution in [0.4, 0.5) is 11.4 Å². The Morgan fingerprint density at radius 3 is 2.82 bits per heavy atom. The second kappa shape index (κ2) is 4.71. The maximum absolute atomic E-state index is 11.7. The number of rotatable bonds is 3. The number of hydrogen-bond acceptors (Lipinski definition) is 3. The highest BCUT2D eigenvalue weighted by Gasteiger charge is 2.25. The summed E-state index contributed by atoms with van der Waals surface area (Å²) in [5.41, 5.74) is 1.64. The highest BCUT2D eigenvalue weighted by molar-refractivity contribution is 6.18. The van der Waals surface area contributed by atoms with E-state index in [0.717, 1.165) is 11.3 Å². The number of benzene rings is 1. The largest absolute Gasteiger partial charge is 0.311 e. The minimum absolute atomic E-state index is 0.0204. The highest BCUT2D eigenvalue weighted by Crippen LogP contribution is 2.30. The van der Waals surface area contributed by atoms with E-state index in [1.165, 1.54) is 12.1 Å². The molecule has 2 rings (SSSR count). The number of anilines is 1. The molecule has 0 aromatic heterocycles. The average Bonchev–Trinajstić information content (AvgIpc) is 2.32. The van der Waals surface area contributed by atoms with Gasteiger partial charge in [0.05, 0.1) is 4.92 Å². The summed E-state index contributed by atoms with van der Waals surface area (Å²) >= 11 is 5.65. The Balaban J connectivity index is 2.40. The third kappa shape index (κ3) is 2.24. The molecule has 1 aliphatic rings. The summed E-state index contributed by atoms with van der Waals surface area (Å²) in [6, 6.07) is 4.57.